The summed E-state index contributed by atoms with van der Waals surface area (Å²) >= 11 is 0. The van der Waals surface area contributed by atoms with Gasteiger partial charge in [0.05, 0.1) is 36.2 Å². The topological polar surface area (TPSA) is 95.6 Å². The molecule has 0 N–H and O–H groups in total. The van der Waals surface area contributed by atoms with Gasteiger partial charge in [0.25, 0.3) is 11.1 Å². The normalized spacial score (nSPS) is 10.2. The first-order chi connectivity index (χ1) is 14.0. The molecule has 1 aromatic carbocycles. The monoisotopic (exact) mass is 392 g/mol. The number of benzene rings is 1. The Hall–Kier alpha value is -4.01. The molecule has 4 rings (SSSR count). The maximum atomic E-state index is 13.3. The highest BCUT2D eigenvalue weighted by Crippen LogP contribution is 2.11. The van der Waals surface area contributed by atoms with Gasteiger partial charge in [-0.05, 0) is 31.5 Å². The standard InChI is InChI=1S/C11H9FN2O.C9H8N4O/c1-8-2-3-9(6-10(8)12)14-5-4-13-7-11(14)15;1-7-11-4-8(5-12-7)13-3-2-10-6-9(13)14/h2-7H,1H3;2-6H,1H3. The van der Waals surface area contributed by atoms with Gasteiger partial charge in [-0.3, -0.25) is 28.7 Å². The summed E-state index contributed by atoms with van der Waals surface area (Å²) in [7, 11) is 0. The number of nitrogens with zero attached hydrogens (tertiary/aromatic N) is 6. The molecule has 0 saturated carbocycles. The summed E-state index contributed by atoms with van der Waals surface area (Å²) < 4.78 is 16.0. The van der Waals surface area contributed by atoms with Gasteiger partial charge in [0.15, 0.2) is 0 Å². The molecule has 0 fully saturated rings. The van der Waals surface area contributed by atoms with E-state index in [9.17, 15) is 14.0 Å². The molecule has 9 heteroatoms. The molecule has 3 heterocycles. The second-order valence-electron chi connectivity index (χ2n) is 5.99. The van der Waals surface area contributed by atoms with E-state index in [1.807, 2.05) is 0 Å². The highest BCUT2D eigenvalue weighted by molar-refractivity contribution is 5.35. The van der Waals surface area contributed by atoms with Gasteiger partial charge >= 0.3 is 0 Å². The van der Waals surface area contributed by atoms with Crippen LogP contribution in [-0.2, 0) is 0 Å². The van der Waals surface area contributed by atoms with Crippen molar-refractivity contribution in [3.8, 4) is 11.4 Å². The SMILES string of the molecule is Cc1ccc(-n2ccncc2=O)cc1F.Cc1ncc(-n2ccncc2=O)cn1. The molecule has 8 nitrogen and oxygen atoms in total. The number of hydrogen-bond acceptors (Lipinski definition) is 6. The van der Waals surface area contributed by atoms with Crippen LogP contribution in [0.5, 0.6) is 0 Å². The summed E-state index contributed by atoms with van der Waals surface area (Å²) in [6, 6.07) is 4.66. The molecule has 3 aromatic heterocycles. The van der Waals surface area contributed by atoms with E-state index < -0.39 is 0 Å². The van der Waals surface area contributed by atoms with Crippen LogP contribution in [-0.4, -0.2) is 29.1 Å². The lowest BCUT2D eigenvalue weighted by atomic mass is 10.2. The van der Waals surface area contributed by atoms with Crippen LogP contribution in [0.2, 0.25) is 0 Å². The molecular weight excluding hydrogens is 375 g/mol. The van der Waals surface area contributed by atoms with Crippen LogP contribution in [0.4, 0.5) is 4.39 Å². The zero-order valence-corrected chi connectivity index (χ0v) is 15.7. The molecule has 0 atom stereocenters. The fourth-order valence-corrected chi connectivity index (χ4v) is 2.36. The number of rotatable bonds is 2. The second-order valence-corrected chi connectivity index (χ2v) is 5.99. The van der Waals surface area contributed by atoms with Crippen LogP contribution < -0.4 is 11.1 Å². The molecule has 0 aliphatic carbocycles. The zero-order chi connectivity index (χ0) is 20.8. The first-order valence-electron chi connectivity index (χ1n) is 8.56. The lowest BCUT2D eigenvalue weighted by Gasteiger charge is -2.05. The molecule has 0 spiro atoms. The van der Waals surface area contributed by atoms with E-state index in [4.69, 9.17) is 0 Å². The van der Waals surface area contributed by atoms with Crippen molar-refractivity contribution >= 4 is 0 Å². The lowest BCUT2D eigenvalue weighted by molar-refractivity contribution is 0.617. The van der Waals surface area contributed by atoms with Crippen molar-refractivity contribution in [2.24, 2.45) is 0 Å². The van der Waals surface area contributed by atoms with E-state index in [-0.39, 0.29) is 16.9 Å². The number of hydrogen-bond donors (Lipinski definition) is 0. The highest BCUT2D eigenvalue weighted by Gasteiger charge is 2.02. The molecular formula is C20H17FN6O2. The average molecular weight is 392 g/mol. The fraction of sp³-hybridized carbons (Fsp3) is 0.100. The van der Waals surface area contributed by atoms with Gasteiger partial charge < -0.3 is 0 Å². The minimum Gasteiger partial charge on any atom is -0.281 e. The van der Waals surface area contributed by atoms with E-state index in [1.54, 1.807) is 50.8 Å². The van der Waals surface area contributed by atoms with Crippen molar-refractivity contribution in [3.05, 3.63) is 106 Å². The van der Waals surface area contributed by atoms with Gasteiger partial charge in [-0.25, -0.2) is 14.4 Å². The molecule has 0 aliphatic rings. The van der Waals surface area contributed by atoms with Crippen molar-refractivity contribution in [2.75, 3.05) is 0 Å². The van der Waals surface area contributed by atoms with E-state index in [1.165, 1.54) is 40.0 Å². The maximum Gasteiger partial charge on any atom is 0.273 e. The third-order valence-corrected chi connectivity index (χ3v) is 3.93. The minimum absolute atomic E-state index is 0.194. The van der Waals surface area contributed by atoms with Gasteiger partial charge in [0, 0.05) is 24.8 Å². The summed E-state index contributed by atoms with van der Waals surface area (Å²) in [6.45, 7) is 3.47. The predicted octanol–water partition coefficient (Wildman–Crippen LogP) is 2.01. The summed E-state index contributed by atoms with van der Waals surface area (Å²) in [5.74, 6) is 0.354. The van der Waals surface area contributed by atoms with Crippen molar-refractivity contribution in [1.82, 2.24) is 29.1 Å². The van der Waals surface area contributed by atoms with E-state index in [0.717, 1.165) is 0 Å². The predicted molar refractivity (Wildman–Crippen MR) is 105 cm³/mol. The van der Waals surface area contributed by atoms with Crippen molar-refractivity contribution in [3.63, 3.8) is 0 Å². The first-order valence-corrected chi connectivity index (χ1v) is 8.56. The van der Waals surface area contributed by atoms with Crippen LogP contribution in [0.25, 0.3) is 11.4 Å². The molecule has 29 heavy (non-hydrogen) atoms. The number of aryl methyl sites for hydroxylation is 2. The quantitative estimate of drug-likeness (QED) is 0.518. The maximum absolute atomic E-state index is 13.3. The van der Waals surface area contributed by atoms with Crippen molar-refractivity contribution in [2.45, 2.75) is 13.8 Å². The lowest BCUT2D eigenvalue weighted by Crippen LogP contribution is -2.17. The summed E-state index contributed by atoms with van der Waals surface area (Å²) in [4.78, 5) is 38.2. The van der Waals surface area contributed by atoms with E-state index in [0.29, 0.717) is 22.8 Å². The molecule has 0 bridgehead atoms. The zero-order valence-electron chi connectivity index (χ0n) is 15.7. The number of halogens is 1. The molecule has 146 valence electrons. The first kappa shape index (κ1) is 19.7. The Labute approximate surface area is 165 Å². The Morgan fingerprint density at radius 3 is 1.86 bits per heavy atom. The van der Waals surface area contributed by atoms with Gasteiger partial charge in [0.2, 0.25) is 0 Å². The third-order valence-electron chi connectivity index (χ3n) is 3.93. The Kier molecular flexibility index (Phi) is 5.98. The van der Waals surface area contributed by atoms with Crippen LogP contribution in [0.15, 0.2) is 77.4 Å². The Morgan fingerprint density at radius 2 is 1.34 bits per heavy atom. The highest BCUT2D eigenvalue weighted by atomic mass is 19.1. The van der Waals surface area contributed by atoms with Crippen LogP contribution >= 0.6 is 0 Å². The van der Waals surface area contributed by atoms with E-state index in [2.05, 4.69) is 19.9 Å². The van der Waals surface area contributed by atoms with E-state index >= 15 is 0 Å². The second kappa shape index (κ2) is 8.79. The van der Waals surface area contributed by atoms with Gasteiger partial charge in [-0.1, -0.05) is 6.07 Å². The van der Waals surface area contributed by atoms with Gasteiger partial charge in [-0.15, -0.1) is 0 Å². The molecule has 0 amide bonds. The smallest absolute Gasteiger partial charge is 0.273 e. The molecule has 0 radical (unpaired) electrons. The summed E-state index contributed by atoms with van der Waals surface area (Å²) in [6.07, 6.45) is 11.8. The Balaban J connectivity index is 0.000000166. The summed E-state index contributed by atoms with van der Waals surface area (Å²) in [5, 5.41) is 0. The van der Waals surface area contributed by atoms with Crippen LogP contribution in [0, 0.1) is 19.7 Å². The average Bonchev–Trinajstić information content (AvgIpc) is 2.72. The van der Waals surface area contributed by atoms with Crippen molar-refractivity contribution in [1.29, 1.82) is 0 Å². The molecule has 0 aliphatic heterocycles. The Morgan fingerprint density at radius 1 is 0.793 bits per heavy atom. The third kappa shape index (κ3) is 4.83. The Bertz CT molecular complexity index is 1230. The van der Waals surface area contributed by atoms with Crippen LogP contribution in [0.1, 0.15) is 11.4 Å². The summed E-state index contributed by atoms with van der Waals surface area (Å²) in [5.41, 5.74) is 1.23. The minimum atomic E-state index is -0.323. The number of aromatic nitrogens is 6. The molecule has 0 unspecified atom stereocenters. The van der Waals surface area contributed by atoms with Gasteiger partial charge in [0.1, 0.15) is 11.6 Å². The fourth-order valence-electron chi connectivity index (χ4n) is 2.36. The molecule has 4 aromatic rings. The van der Waals surface area contributed by atoms with Crippen molar-refractivity contribution < 1.29 is 4.39 Å². The van der Waals surface area contributed by atoms with Gasteiger partial charge in [-0.2, -0.15) is 0 Å². The van der Waals surface area contributed by atoms with Crippen LogP contribution in [0.3, 0.4) is 0 Å². The largest absolute Gasteiger partial charge is 0.281 e. The molecule has 0 saturated heterocycles.